The van der Waals surface area contributed by atoms with Gasteiger partial charge in [-0.2, -0.15) is 0 Å². The van der Waals surface area contributed by atoms with E-state index in [9.17, 15) is 4.79 Å². The lowest BCUT2D eigenvalue weighted by molar-refractivity contribution is 0.0966. The highest BCUT2D eigenvalue weighted by Crippen LogP contribution is 2.21. The van der Waals surface area contributed by atoms with Gasteiger partial charge in [-0.25, -0.2) is 0 Å². The van der Waals surface area contributed by atoms with E-state index < -0.39 is 0 Å². The van der Waals surface area contributed by atoms with Crippen molar-refractivity contribution in [1.29, 1.82) is 0 Å². The van der Waals surface area contributed by atoms with Crippen LogP contribution < -0.4 is 10.1 Å². The number of amides is 1. The normalized spacial score (nSPS) is 13.6. The molecule has 0 bridgehead atoms. The quantitative estimate of drug-likeness (QED) is 0.790. The summed E-state index contributed by atoms with van der Waals surface area (Å²) in [5.41, 5.74) is 1.80. The van der Waals surface area contributed by atoms with Crippen LogP contribution in [-0.2, 0) is 6.54 Å². The highest BCUT2D eigenvalue weighted by molar-refractivity contribution is 5.98. The van der Waals surface area contributed by atoms with Crippen LogP contribution in [0.4, 0.5) is 0 Å². The first-order chi connectivity index (χ1) is 6.81. The fourth-order valence-corrected chi connectivity index (χ4v) is 1.52. The summed E-state index contributed by atoms with van der Waals surface area (Å²) in [5, 5.41) is 2.77. The SMILES string of the molecule is CCCOc1ccc2c(c1)CNC2=O. The summed E-state index contributed by atoms with van der Waals surface area (Å²) in [6.07, 6.45) is 0.994. The zero-order chi connectivity index (χ0) is 9.97. The van der Waals surface area contributed by atoms with Gasteiger partial charge < -0.3 is 10.1 Å². The van der Waals surface area contributed by atoms with Crippen molar-refractivity contribution in [1.82, 2.24) is 5.32 Å². The number of carbonyl (C=O) groups excluding carboxylic acids is 1. The van der Waals surface area contributed by atoms with E-state index in [4.69, 9.17) is 4.74 Å². The summed E-state index contributed by atoms with van der Waals surface area (Å²) in [6, 6.07) is 5.60. The lowest BCUT2D eigenvalue weighted by atomic mass is 10.1. The Hall–Kier alpha value is -1.51. The monoisotopic (exact) mass is 191 g/mol. The number of hydrogen-bond donors (Lipinski definition) is 1. The van der Waals surface area contributed by atoms with Gasteiger partial charge >= 0.3 is 0 Å². The summed E-state index contributed by atoms with van der Waals surface area (Å²) in [6.45, 7) is 3.41. The topological polar surface area (TPSA) is 38.3 Å². The van der Waals surface area contributed by atoms with Crippen LogP contribution >= 0.6 is 0 Å². The average molecular weight is 191 g/mol. The summed E-state index contributed by atoms with van der Waals surface area (Å²) < 4.78 is 5.48. The number of hydrogen-bond acceptors (Lipinski definition) is 2. The second kappa shape index (κ2) is 3.70. The maximum absolute atomic E-state index is 11.2. The van der Waals surface area contributed by atoms with Gasteiger partial charge in [-0.15, -0.1) is 0 Å². The smallest absolute Gasteiger partial charge is 0.251 e. The molecule has 0 saturated carbocycles. The predicted octanol–water partition coefficient (Wildman–Crippen LogP) is 1.72. The van der Waals surface area contributed by atoms with Crippen molar-refractivity contribution in [3.05, 3.63) is 29.3 Å². The highest BCUT2D eigenvalue weighted by Gasteiger charge is 2.18. The standard InChI is InChI=1S/C11H13NO2/c1-2-5-14-9-3-4-10-8(6-9)7-12-11(10)13/h3-4,6H,2,5,7H2,1H3,(H,12,13). The number of fused-ring (bicyclic) bond motifs is 1. The van der Waals surface area contributed by atoms with Gasteiger partial charge in [0.15, 0.2) is 0 Å². The van der Waals surface area contributed by atoms with Crippen molar-refractivity contribution in [2.75, 3.05) is 6.61 Å². The molecule has 0 fully saturated rings. The lowest BCUT2D eigenvalue weighted by Gasteiger charge is -2.05. The van der Waals surface area contributed by atoms with Gasteiger partial charge in [-0.3, -0.25) is 4.79 Å². The van der Waals surface area contributed by atoms with Crippen LogP contribution in [0, 0.1) is 0 Å². The third-order valence-corrected chi connectivity index (χ3v) is 2.23. The Balaban J connectivity index is 2.19. The molecule has 1 aliphatic heterocycles. The number of ether oxygens (including phenoxy) is 1. The molecule has 14 heavy (non-hydrogen) atoms. The summed E-state index contributed by atoms with van der Waals surface area (Å²) in [7, 11) is 0. The maximum Gasteiger partial charge on any atom is 0.251 e. The van der Waals surface area contributed by atoms with E-state index in [1.54, 1.807) is 0 Å². The molecule has 1 N–H and O–H groups in total. The van der Waals surface area contributed by atoms with E-state index in [1.165, 1.54) is 0 Å². The first kappa shape index (κ1) is 9.06. The second-order valence-electron chi connectivity index (χ2n) is 3.35. The van der Waals surface area contributed by atoms with E-state index in [1.807, 2.05) is 18.2 Å². The van der Waals surface area contributed by atoms with Crippen LogP contribution in [0.15, 0.2) is 18.2 Å². The molecule has 3 nitrogen and oxygen atoms in total. The second-order valence-corrected chi connectivity index (χ2v) is 3.35. The summed E-state index contributed by atoms with van der Waals surface area (Å²) in [4.78, 5) is 11.2. The van der Waals surface area contributed by atoms with Gasteiger partial charge in [0.1, 0.15) is 5.75 Å². The van der Waals surface area contributed by atoms with Crippen LogP contribution in [0.2, 0.25) is 0 Å². The van der Waals surface area contributed by atoms with Gasteiger partial charge in [0, 0.05) is 12.1 Å². The molecule has 0 radical (unpaired) electrons. The summed E-state index contributed by atoms with van der Waals surface area (Å²) >= 11 is 0. The third kappa shape index (κ3) is 1.58. The highest BCUT2D eigenvalue weighted by atomic mass is 16.5. The molecule has 1 aromatic rings. The number of nitrogens with one attached hydrogen (secondary N) is 1. The minimum Gasteiger partial charge on any atom is -0.494 e. The number of benzene rings is 1. The zero-order valence-electron chi connectivity index (χ0n) is 8.17. The van der Waals surface area contributed by atoms with E-state index >= 15 is 0 Å². The minimum atomic E-state index is 0.0158. The maximum atomic E-state index is 11.2. The lowest BCUT2D eigenvalue weighted by Crippen LogP contribution is -2.12. The van der Waals surface area contributed by atoms with Crippen LogP contribution in [-0.4, -0.2) is 12.5 Å². The fourth-order valence-electron chi connectivity index (χ4n) is 1.52. The Bertz CT molecular complexity index is 360. The van der Waals surface area contributed by atoms with Gasteiger partial charge in [0.2, 0.25) is 0 Å². The molecular formula is C11H13NO2. The zero-order valence-corrected chi connectivity index (χ0v) is 8.17. The average Bonchev–Trinajstić information content (AvgIpc) is 2.57. The van der Waals surface area contributed by atoms with E-state index in [0.29, 0.717) is 6.54 Å². The predicted molar refractivity (Wildman–Crippen MR) is 53.4 cm³/mol. The van der Waals surface area contributed by atoms with Gasteiger partial charge in [0.25, 0.3) is 5.91 Å². The molecule has 0 saturated heterocycles. The van der Waals surface area contributed by atoms with Crippen molar-refractivity contribution < 1.29 is 9.53 Å². The molecule has 74 valence electrons. The van der Waals surface area contributed by atoms with Crippen LogP contribution in [0.25, 0.3) is 0 Å². The molecule has 1 aliphatic rings. The Morgan fingerprint density at radius 2 is 2.36 bits per heavy atom. The van der Waals surface area contributed by atoms with Crippen molar-refractivity contribution in [3.8, 4) is 5.75 Å². The fraction of sp³-hybridized carbons (Fsp3) is 0.364. The number of carbonyl (C=O) groups is 1. The van der Waals surface area contributed by atoms with Crippen LogP contribution in [0.1, 0.15) is 29.3 Å². The van der Waals surface area contributed by atoms with E-state index in [-0.39, 0.29) is 5.91 Å². The molecule has 1 amide bonds. The molecule has 0 spiro atoms. The first-order valence-corrected chi connectivity index (χ1v) is 4.85. The molecule has 1 heterocycles. The number of rotatable bonds is 3. The van der Waals surface area contributed by atoms with Gasteiger partial charge in [0.05, 0.1) is 6.61 Å². The largest absolute Gasteiger partial charge is 0.494 e. The molecule has 0 unspecified atom stereocenters. The molecule has 0 aliphatic carbocycles. The molecule has 0 atom stereocenters. The third-order valence-electron chi connectivity index (χ3n) is 2.23. The van der Waals surface area contributed by atoms with Crippen molar-refractivity contribution in [3.63, 3.8) is 0 Å². The minimum absolute atomic E-state index is 0.0158. The molecular weight excluding hydrogens is 178 g/mol. The van der Waals surface area contributed by atoms with E-state index in [2.05, 4.69) is 12.2 Å². The summed E-state index contributed by atoms with van der Waals surface area (Å²) in [5.74, 6) is 0.865. The van der Waals surface area contributed by atoms with Gasteiger partial charge in [-0.1, -0.05) is 6.92 Å². The Labute approximate surface area is 83.1 Å². The van der Waals surface area contributed by atoms with E-state index in [0.717, 1.165) is 29.9 Å². The first-order valence-electron chi connectivity index (χ1n) is 4.85. The molecule has 1 aromatic carbocycles. The van der Waals surface area contributed by atoms with Crippen molar-refractivity contribution in [2.24, 2.45) is 0 Å². The Morgan fingerprint density at radius 1 is 1.50 bits per heavy atom. The molecule has 2 rings (SSSR count). The Morgan fingerprint density at radius 3 is 3.14 bits per heavy atom. The molecule has 3 heteroatoms. The Kier molecular flexibility index (Phi) is 2.39. The van der Waals surface area contributed by atoms with Gasteiger partial charge in [-0.05, 0) is 30.2 Å². The van der Waals surface area contributed by atoms with Crippen LogP contribution in [0.5, 0.6) is 5.75 Å². The molecule has 0 aromatic heterocycles. The van der Waals surface area contributed by atoms with Crippen LogP contribution in [0.3, 0.4) is 0 Å². The van der Waals surface area contributed by atoms with Crippen molar-refractivity contribution >= 4 is 5.91 Å². The van der Waals surface area contributed by atoms with Crippen molar-refractivity contribution in [2.45, 2.75) is 19.9 Å².